The number of nitrogens with zero attached hydrogens (tertiary/aromatic N) is 2. The van der Waals surface area contributed by atoms with Crippen molar-refractivity contribution in [2.24, 2.45) is 5.73 Å². The number of likely N-dealkylation sites (tertiary alicyclic amines) is 1. The molecule has 1 saturated heterocycles. The lowest BCUT2D eigenvalue weighted by atomic mass is 10.0. The predicted octanol–water partition coefficient (Wildman–Crippen LogP) is 0.983. The fourth-order valence-electron chi connectivity index (χ4n) is 2.34. The first-order valence-corrected chi connectivity index (χ1v) is 5.79. The second kappa shape index (κ2) is 4.37. The Morgan fingerprint density at radius 2 is 1.88 bits per heavy atom. The summed E-state index contributed by atoms with van der Waals surface area (Å²) in [5.74, 6) is 0.124. The lowest BCUT2D eigenvalue weighted by Crippen LogP contribution is -2.30. The predicted molar refractivity (Wildman–Crippen MR) is 68.9 cm³/mol. The molecule has 2 rings (SSSR count). The summed E-state index contributed by atoms with van der Waals surface area (Å²) in [5, 5.41) is 0. The fourth-order valence-corrected chi connectivity index (χ4v) is 2.34. The smallest absolute Gasteiger partial charge is 0.224 e. The monoisotopic (exact) mass is 233 g/mol. The van der Waals surface area contributed by atoms with Crippen LogP contribution >= 0.6 is 0 Å². The van der Waals surface area contributed by atoms with Crippen LogP contribution in [0.2, 0.25) is 0 Å². The molecule has 0 bridgehead atoms. The van der Waals surface area contributed by atoms with Crippen LogP contribution in [0.5, 0.6) is 0 Å². The maximum Gasteiger partial charge on any atom is 0.224 e. The average molecular weight is 233 g/mol. The van der Waals surface area contributed by atoms with Gasteiger partial charge in [0.1, 0.15) is 0 Å². The molecule has 4 heteroatoms. The Morgan fingerprint density at radius 3 is 2.29 bits per heavy atom. The summed E-state index contributed by atoms with van der Waals surface area (Å²) in [5.41, 5.74) is 8.27. The lowest BCUT2D eigenvalue weighted by molar-refractivity contribution is -0.127. The average Bonchev–Trinajstić information content (AvgIpc) is 2.53. The molecule has 1 fully saturated rings. The summed E-state index contributed by atoms with van der Waals surface area (Å²) < 4.78 is 0. The summed E-state index contributed by atoms with van der Waals surface area (Å²) in [6.07, 6.45) is 0.441. The van der Waals surface area contributed by atoms with Crippen LogP contribution < -0.4 is 10.6 Å². The van der Waals surface area contributed by atoms with Crippen molar-refractivity contribution >= 4 is 11.6 Å². The molecule has 0 spiro atoms. The zero-order valence-electron chi connectivity index (χ0n) is 10.6. The van der Waals surface area contributed by atoms with E-state index in [1.807, 2.05) is 26.0 Å². The molecule has 2 unspecified atom stereocenters. The van der Waals surface area contributed by atoms with Crippen molar-refractivity contribution in [1.82, 2.24) is 4.90 Å². The highest BCUT2D eigenvalue weighted by molar-refractivity contribution is 5.80. The van der Waals surface area contributed by atoms with Gasteiger partial charge in [-0.3, -0.25) is 4.79 Å². The van der Waals surface area contributed by atoms with Crippen molar-refractivity contribution in [2.75, 3.05) is 26.0 Å². The Bertz CT molecular complexity index is 413. The number of carbonyl (C=O) groups excluding carboxylic acids is 1. The van der Waals surface area contributed by atoms with E-state index in [9.17, 15) is 4.79 Å². The zero-order valence-corrected chi connectivity index (χ0v) is 10.6. The van der Waals surface area contributed by atoms with Gasteiger partial charge in [0.05, 0.1) is 6.04 Å². The van der Waals surface area contributed by atoms with Crippen LogP contribution in [0, 0.1) is 0 Å². The lowest BCUT2D eigenvalue weighted by Gasteiger charge is -2.24. The van der Waals surface area contributed by atoms with Crippen LogP contribution in [0.1, 0.15) is 18.0 Å². The normalized spacial score (nSPS) is 24.2. The molecule has 1 heterocycles. The maximum atomic E-state index is 11.6. The third kappa shape index (κ3) is 2.13. The fraction of sp³-hybridized carbons (Fsp3) is 0.462. The van der Waals surface area contributed by atoms with Crippen molar-refractivity contribution < 1.29 is 4.79 Å². The van der Waals surface area contributed by atoms with Crippen LogP contribution in [0.25, 0.3) is 0 Å². The SMILES string of the molecule is CN(C)c1ccc(C2C(N)CC(=O)N2C)cc1. The Balaban J connectivity index is 2.25. The third-order valence-electron chi connectivity index (χ3n) is 3.38. The van der Waals surface area contributed by atoms with Crippen molar-refractivity contribution in [1.29, 1.82) is 0 Å². The van der Waals surface area contributed by atoms with Gasteiger partial charge in [-0.05, 0) is 17.7 Å². The van der Waals surface area contributed by atoms with Gasteiger partial charge < -0.3 is 15.5 Å². The van der Waals surface area contributed by atoms with E-state index < -0.39 is 0 Å². The molecule has 0 aliphatic carbocycles. The number of anilines is 1. The second-order valence-electron chi connectivity index (χ2n) is 4.80. The summed E-state index contributed by atoms with van der Waals surface area (Å²) in [6.45, 7) is 0. The molecular formula is C13H19N3O. The van der Waals surface area contributed by atoms with Crippen molar-refractivity contribution in [2.45, 2.75) is 18.5 Å². The van der Waals surface area contributed by atoms with E-state index in [-0.39, 0.29) is 18.0 Å². The van der Waals surface area contributed by atoms with Crippen molar-refractivity contribution in [3.63, 3.8) is 0 Å². The van der Waals surface area contributed by atoms with Gasteiger partial charge in [-0.25, -0.2) is 0 Å². The Hall–Kier alpha value is -1.55. The van der Waals surface area contributed by atoms with E-state index in [4.69, 9.17) is 5.73 Å². The molecule has 0 aromatic heterocycles. The number of hydrogen-bond donors (Lipinski definition) is 1. The second-order valence-corrected chi connectivity index (χ2v) is 4.80. The van der Waals surface area contributed by atoms with E-state index in [1.165, 1.54) is 0 Å². The number of nitrogens with two attached hydrogens (primary N) is 1. The molecule has 1 aliphatic heterocycles. The van der Waals surface area contributed by atoms with E-state index in [2.05, 4.69) is 24.3 Å². The minimum atomic E-state index is -0.0993. The van der Waals surface area contributed by atoms with Crippen LogP contribution in [-0.2, 0) is 4.79 Å². The van der Waals surface area contributed by atoms with Crippen LogP contribution in [-0.4, -0.2) is 38.0 Å². The highest BCUT2D eigenvalue weighted by atomic mass is 16.2. The van der Waals surface area contributed by atoms with Crippen LogP contribution in [0.3, 0.4) is 0 Å². The summed E-state index contributed by atoms with van der Waals surface area (Å²) in [4.78, 5) is 15.4. The standard InChI is InChI=1S/C13H19N3O/c1-15(2)10-6-4-9(5-7-10)13-11(14)8-12(17)16(13)3/h4-7,11,13H,8,14H2,1-3H3. The highest BCUT2D eigenvalue weighted by Gasteiger charge is 2.35. The van der Waals surface area contributed by atoms with Gasteiger partial charge in [0, 0.05) is 39.3 Å². The van der Waals surface area contributed by atoms with Gasteiger partial charge in [0.2, 0.25) is 5.91 Å². The molecule has 1 amide bonds. The number of hydrogen-bond acceptors (Lipinski definition) is 3. The van der Waals surface area contributed by atoms with E-state index in [0.717, 1.165) is 11.3 Å². The van der Waals surface area contributed by atoms with Gasteiger partial charge in [0.25, 0.3) is 0 Å². The summed E-state index contributed by atoms with van der Waals surface area (Å²) in [7, 11) is 5.83. The van der Waals surface area contributed by atoms with Gasteiger partial charge >= 0.3 is 0 Å². The molecule has 2 N–H and O–H groups in total. The highest BCUT2D eigenvalue weighted by Crippen LogP contribution is 2.31. The topological polar surface area (TPSA) is 49.6 Å². The molecule has 92 valence electrons. The molecule has 1 aliphatic rings. The van der Waals surface area contributed by atoms with Crippen LogP contribution in [0.4, 0.5) is 5.69 Å². The Labute approximate surface area is 102 Å². The quantitative estimate of drug-likeness (QED) is 0.828. The first-order chi connectivity index (χ1) is 8.00. The molecule has 0 saturated carbocycles. The van der Waals surface area contributed by atoms with Crippen LogP contribution in [0.15, 0.2) is 24.3 Å². The van der Waals surface area contributed by atoms with Gasteiger partial charge in [-0.15, -0.1) is 0 Å². The number of likely N-dealkylation sites (N-methyl/N-ethyl adjacent to an activating group) is 1. The largest absolute Gasteiger partial charge is 0.378 e. The van der Waals surface area contributed by atoms with Crippen molar-refractivity contribution in [3.05, 3.63) is 29.8 Å². The molecule has 1 aromatic carbocycles. The number of carbonyl (C=O) groups is 1. The van der Waals surface area contributed by atoms with Gasteiger partial charge in [0.15, 0.2) is 0 Å². The van der Waals surface area contributed by atoms with Gasteiger partial charge in [-0.1, -0.05) is 12.1 Å². The summed E-state index contributed by atoms with van der Waals surface area (Å²) in [6, 6.07) is 8.12. The molecule has 0 radical (unpaired) electrons. The number of rotatable bonds is 2. The maximum absolute atomic E-state index is 11.6. The number of amides is 1. The summed E-state index contributed by atoms with van der Waals surface area (Å²) >= 11 is 0. The molecule has 2 atom stereocenters. The van der Waals surface area contributed by atoms with E-state index in [1.54, 1.807) is 4.90 Å². The van der Waals surface area contributed by atoms with E-state index >= 15 is 0 Å². The van der Waals surface area contributed by atoms with Gasteiger partial charge in [-0.2, -0.15) is 0 Å². The zero-order chi connectivity index (χ0) is 12.6. The minimum Gasteiger partial charge on any atom is -0.378 e. The molecule has 4 nitrogen and oxygen atoms in total. The first-order valence-electron chi connectivity index (χ1n) is 5.79. The number of benzene rings is 1. The molecular weight excluding hydrogens is 214 g/mol. The third-order valence-corrected chi connectivity index (χ3v) is 3.38. The van der Waals surface area contributed by atoms with E-state index in [0.29, 0.717) is 6.42 Å². The minimum absolute atomic E-state index is 0.0127. The Morgan fingerprint density at radius 1 is 1.29 bits per heavy atom. The Kier molecular flexibility index (Phi) is 3.07. The molecule has 1 aromatic rings. The molecule has 17 heavy (non-hydrogen) atoms. The first kappa shape index (κ1) is 11.9. The van der Waals surface area contributed by atoms with Crippen molar-refractivity contribution in [3.8, 4) is 0 Å².